The van der Waals surface area contributed by atoms with Crippen molar-refractivity contribution in [2.75, 3.05) is 24.6 Å². The van der Waals surface area contributed by atoms with Gasteiger partial charge in [0.25, 0.3) is 0 Å². The Balaban J connectivity index is 1.37. The Morgan fingerprint density at radius 2 is 2.00 bits per heavy atom. The first kappa shape index (κ1) is 21.5. The summed E-state index contributed by atoms with van der Waals surface area (Å²) in [6, 6.07) is 8.98. The second-order valence-corrected chi connectivity index (χ2v) is 8.58. The predicted molar refractivity (Wildman–Crippen MR) is 121 cm³/mol. The molecule has 1 fully saturated rings. The van der Waals surface area contributed by atoms with Crippen molar-refractivity contribution in [3.63, 3.8) is 0 Å². The van der Waals surface area contributed by atoms with Gasteiger partial charge in [0, 0.05) is 42.9 Å². The molecule has 0 bridgehead atoms. The molecule has 5 N–H and O–H groups in total. The molecule has 3 aromatic rings. The smallest absolute Gasteiger partial charge is 0.222 e. The van der Waals surface area contributed by atoms with E-state index in [4.69, 9.17) is 17.3 Å². The number of hydrogen-bond acceptors (Lipinski definition) is 6. The lowest BCUT2D eigenvalue weighted by atomic mass is 9.85. The van der Waals surface area contributed by atoms with E-state index in [1.165, 1.54) is 0 Å². The maximum Gasteiger partial charge on any atom is 0.222 e. The number of aliphatic hydroxyl groups excluding tert-OH is 1. The van der Waals surface area contributed by atoms with Gasteiger partial charge in [-0.05, 0) is 43.0 Å². The third kappa shape index (κ3) is 4.98. The van der Waals surface area contributed by atoms with Crippen molar-refractivity contribution >= 4 is 34.4 Å². The largest absolute Gasteiger partial charge is 0.396 e. The summed E-state index contributed by atoms with van der Waals surface area (Å²) < 4.78 is 0. The molecule has 1 saturated heterocycles. The van der Waals surface area contributed by atoms with Crippen molar-refractivity contribution in [2.24, 2.45) is 5.73 Å². The number of anilines is 1. The van der Waals surface area contributed by atoms with Gasteiger partial charge in [-0.3, -0.25) is 4.79 Å². The Hall–Kier alpha value is -2.68. The Morgan fingerprint density at radius 3 is 2.71 bits per heavy atom. The van der Waals surface area contributed by atoms with Gasteiger partial charge in [0.1, 0.15) is 17.8 Å². The lowest BCUT2D eigenvalue weighted by Gasteiger charge is -2.39. The third-order valence-corrected chi connectivity index (χ3v) is 6.18. The Labute approximate surface area is 185 Å². The zero-order valence-electron chi connectivity index (χ0n) is 17.2. The number of carbonyl (C=O) groups excluding carboxylic acids is 1. The lowest BCUT2D eigenvalue weighted by molar-refractivity contribution is -0.123. The first-order chi connectivity index (χ1) is 15.0. The molecule has 1 amide bonds. The zero-order chi connectivity index (χ0) is 21.8. The highest BCUT2D eigenvalue weighted by Crippen LogP contribution is 2.30. The monoisotopic (exact) mass is 442 g/mol. The van der Waals surface area contributed by atoms with Crippen LogP contribution in [0.25, 0.3) is 11.0 Å². The van der Waals surface area contributed by atoms with Gasteiger partial charge in [0.2, 0.25) is 5.91 Å². The molecule has 1 atom stereocenters. The summed E-state index contributed by atoms with van der Waals surface area (Å²) in [6.45, 7) is 1.42. The topological polar surface area (TPSA) is 120 Å². The van der Waals surface area contributed by atoms with Crippen molar-refractivity contribution in [2.45, 2.75) is 37.3 Å². The quantitative estimate of drug-likeness (QED) is 0.446. The molecule has 1 aromatic carbocycles. The highest BCUT2D eigenvalue weighted by molar-refractivity contribution is 6.30. The van der Waals surface area contributed by atoms with Crippen molar-refractivity contribution in [3.05, 3.63) is 53.4 Å². The molecule has 3 heterocycles. The van der Waals surface area contributed by atoms with Gasteiger partial charge in [0.15, 0.2) is 0 Å². The molecule has 8 nitrogen and oxygen atoms in total. The molecule has 0 spiro atoms. The summed E-state index contributed by atoms with van der Waals surface area (Å²) in [4.78, 5) is 26.8. The van der Waals surface area contributed by atoms with Crippen molar-refractivity contribution in [1.29, 1.82) is 0 Å². The minimum Gasteiger partial charge on any atom is -0.396 e. The maximum atomic E-state index is 12.8. The second kappa shape index (κ2) is 9.21. The van der Waals surface area contributed by atoms with Crippen LogP contribution in [-0.2, 0) is 4.79 Å². The second-order valence-electron chi connectivity index (χ2n) is 8.15. The van der Waals surface area contributed by atoms with E-state index in [0.717, 1.165) is 35.5 Å². The fraction of sp³-hybridized carbons (Fsp3) is 0.409. The molecular formula is C22H27ClN6O2. The molecule has 4 rings (SSSR count). The molecule has 1 unspecified atom stereocenters. The van der Waals surface area contributed by atoms with E-state index in [1.54, 1.807) is 18.5 Å². The summed E-state index contributed by atoms with van der Waals surface area (Å²) >= 11 is 5.96. The van der Waals surface area contributed by atoms with Gasteiger partial charge in [-0.25, -0.2) is 9.97 Å². The first-order valence-electron chi connectivity index (χ1n) is 10.4. The van der Waals surface area contributed by atoms with Gasteiger partial charge >= 0.3 is 0 Å². The SMILES string of the molecule is NC1(CC(=O)NC(CCO)c2ccc(Cl)cc2)CCN(c2ncnc3[nH]ccc23)CC1. The number of aromatic amines is 1. The minimum atomic E-state index is -0.575. The van der Waals surface area contributed by atoms with Gasteiger partial charge < -0.3 is 26.0 Å². The van der Waals surface area contributed by atoms with Crippen LogP contribution in [0, 0.1) is 0 Å². The summed E-state index contributed by atoms with van der Waals surface area (Å²) in [5.74, 6) is 0.780. The molecule has 1 aliphatic rings. The normalized spacial score (nSPS) is 16.9. The molecule has 9 heteroatoms. The summed E-state index contributed by atoms with van der Waals surface area (Å²) in [7, 11) is 0. The molecule has 164 valence electrons. The number of aliphatic hydroxyl groups is 1. The zero-order valence-corrected chi connectivity index (χ0v) is 18.0. The Bertz CT molecular complexity index is 1030. The first-order valence-corrected chi connectivity index (χ1v) is 10.8. The Kier molecular flexibility index (Phi) is 6.41. The van der Waals surface area contributed by atoms with E-state index in [2.05, 4.69) is 25.2 Å². The summed E-state index contributed by atoms with van der Waals surface area (Å²) in [5.41, 5.74) is 7.75. The number of nitrogens with one attached hydrogen (secondary N) is 2. The van der Waals surface area contributed by atoms with Crippen LogP contribution in [0.15, 0.2) is 42.9 Å². The van der Waals surface area contributed by atoms with E-state index >= 15 is 0 Å². The number of halogens is 1. The number of nitrogens with two attached hydrogens (primary N) is 1. The van der Waals surface area contributed by atoms with Gasteiger partial charge in [0.05, 0.1) is 11.4 Å². The van der Waals surface area contributed by atoms with Crippen LogP contribution in [0.3, 0.4) is 0 Å². The van der Waals surface area contributed by atoms with Gasteiger partial charge in [-0.2, -0.15) is 0 Å². The number of aromatic nitrogens is 3. The number of hydrogen-bond donors (Lipinski definition) is 4. The van der Waals surface area contributed by atoms with Crippen LogP contribution in [0.2, 0.25) is 5.02 Å². The van der Waals surface area contributed by atoms with Crippen LogP contribution >= 0.6 is 11.6 Å². The van der Waals surface area contributed by atoms with E-state index < -0.39 is 5.54 Å². The van der Waals surface area contributed by atoms with E-state index in [9.17, 15) is 9.90 Å². The lowest BCUT2D eigenvalue weighted by Crippen LogP contribution is -2.53. The Morgan fingerprint density at radius 1 is 1.26 bits per heavy atom. The number of benzene rings is 1. The van der Waals surface area contributed by atoms with Gasteiger partial charge in [-0.15, -0.1) is 0 Å². The number of fused-ring (bicyclic) bond motifs is 1. The molecule has 1 aliphatic heterocycles. The highest BCUT2D eigenvalue weighted by Gasteiger charge is 2.34. The van der Waals surface area contributed by atoms with Crippen molar-refractivity contribution < 1.29 is 9.90 Å². The molecule has 0 saturated carbocycles. The molecular weight excluding hydrogens is 416 g/mol. The van der Waals surface area contributed by atoms with Crippen molar-refractivity contribution in [3.8, 4) is 0 Å². The van der Waals surface area contributed by atoms with Crippen LogP contribution in [0.1, 0.15) is 37.3 Å². The fourth-order valence-corrected chi connectivity index (χ4v) is 4.29. The third-order valence-electron chi connectivity index (χ3n) is 5.93. The summed E-state index contributed by atoms with van der Waals surface area (Å²) in [5, 5.41) is 14.1. The van der Waals surface area contributed by atoms with E-state index in [0.29, 0.717) is 24.3 Å². The number of H-pyrrole nitrogens is 1. The summed E-state index contributed by atoms with van der Waals surface area (Å²) in [6.07, 6.45) is 5.44. The molecule has 31 heavy (non-hydrogen) atoms. The van der Waals surface area contributed by atoms with Crippen LogP contribution in [-0.4, -0.2) is 51.2 Å². The number of amides is 1. The van der Waals surface area contributed by atoms with E-state index in [-0.39, 0.29) is 25.0 Å². The molecule has 0 aliphatic carbocycles. The van der Waals surface area contributed by atoms with Crippen LogP contribution in [0.5, 0.6) is 0 Å². The number of nitrogens with zero attached hydrogens (tertiary/aromatic N) is 3. The number of rotatable bonds is 7. The van der Waals surface area contributed by atoms with Crippen LogP contribution in [0.4, 0.5) is 5.82 Å². The predicted octanol–water partition coefficient (Wildman–Crippen LogP) is 2.54. The molecule has 2 aromatic heterocycles. The average molecular weight is 443 g/mol. The fourth-order valence-electron chi connectivity index (χ4n) is 4.16. The highest BCUT2D eigenvalue weighted by atomic mass is 35.5. The average Bonchev–Trinajstić information content (AvgIpc) is 3.23. The van der Waals surface area contributed by atoms with Gasteiger partial charge in [-0.1, -0.05) is 23.7 Å². The number of carbonyl (C=O) groups is 1. The standard InChI is InChI=1S/C22H27ClN6O2/c23-16-3-1-15(2-4-16)18(6-12-30)28-19(31)13-22(24)7-10-29(11-8-22)21-17-5-9-25-20(17)26-14-27-21/h1-5,9,14,18,30H,6-8,10-13,24H2,(H,28,31)(H,25,26,27). The molecule has 0 radical (unpaired) electrons. The minimum absolute atomic E-state index is 0.0249. The maximum absolute atomic E-state index is 12.8. The number of piperidine rings is 1. The van der Waals surface area contributed by atoms with Crippen molar-refractivity contribution in [1.82, 2.24) is 20.3 Å². The van der Waals surface area contributed by atoms with Crippen LogP contribution < -0.4 is 16.0 Å². The van der Waals surface area contributed by atoms with E-state index in [1.807, 2.05) is 24.4 Å².